The molecule has 1 aliphatic carbocycles. The van der Waals surface area contributed by atoms with Crippen LogP contribution >= 0.6 is 0 Å². The van der Waals surface area contributed by atoms with E-state index in [9.17, 15) is 4.79 Å². The molecule has 0 radical (unpaired) electrons. The number of aromatic nitrogens is 2. The fourth-order valence-electron chi connectivity index (χ4n) is 5.10. The number of Topliss-reactive ketones (excluding diaryl/α,β-unsaturated/α-hetero) is 1. The normalized spacial score (nSPS) is 25.3. The summed E-state index contributed by atoms with van der Waals surface area (Å²) in [6.45, 7) is 13.0. The third-order valence-electron chi connectivity index (χ3n) is 6.83. The average Bonchev–Trinajstić information content (AvgIpc) is 2.97. The number of carbonyl (C=O) groups is 1. The average molecular weight is 401 g/mol. The van der Waals surface area contributed by atoms with E-state index in [0.717, 1.165) is 37.6 Å². The zero-order valence-corrected chi connectivity index (χ0v) is 19.1. The van der Waals surface area contributed by atoms with Crippen LogP contribution in [0.3, 0.4) is 0 Å². The van der Waals surface area contributed by atoms with E-state index in [1.165, 1.54) is 32.1 Å². The van der Waals surface area contributed by atoms with Gasteiger partial charge in [0.25, 0.3) is 0 Å². The Balaban J connectivity index is 0.000000188. The zero-order valence-electron chi connectivity index (χ0n) is 19.1. The van der Waals surface area contributed by atoms with E-state index >= 15 is 0 Å². The third-order valence-corrected chi connectivity index (χ3v) is 6.83. The molecule has 29 heavy (non-hydrogen) atoms. The molecular weight excluding hydrogens is 360 g/mol. The molecule has 0 amide bonds. The lowest BCUT2D eigenvalue weighted by Crippen LogP contribution is -2.56. The highest BCUT2D eigenvalue weighted by atomic mass is 16.1. The van der Waals surface area contributed by atoms with Gasteiger partial charge in [0.2, 0.25) is 5.95 Å². The molecule has 1 saturated carbocycles. The van der Waals surface area contributed by atoms with Crippen LogP contribution in [0.5, 0.6) is 0 Å². The Morgan fingerprint density at radius 2 is 1.62 bits per heavy atom. The number of piperazine rings is 1. The molecule has 3 aliphatic rings. The van der Waals surface area contributed by atoms with Gasteiger partial charge in [-0.15, -0.1) is 0 Å². The van der Waals surface area contributed by atoms with Crippen molar-refractivity contribution in [3.8, 4) is 0 Å². The van der Waals surface area contributed by atoms with Crippen LogP contribution in [0.15, 0.2) is 12.3 Å². The number of anilines is 1. The van der Waals surface area contributed by atoms with Gasteiger partial charge < -0.3 is 4.90 Å². The summed E-state index contributed by atoms with van der Waals surface area (Å²) in [6.07, 6.45) is 10.6. The monoisotopic (exact) mass is 400 g/mol. The van der Waals surface area contributed by atoms with Gasteiger partial charge in [-0.25, -0.2) is 9.97 Å². The third kappa shape index (κ3) is 5.56. The summed E-state index contributed by atoms with van der Waals surface area (Å²) in [5, 5.41) is 0. The molecule has 162 valence electrons. The summed E-state index contributed by atoms with van der Waals surface area (Å²) < 4.78 is 0. The van der Waals surface area contributed by atoms with Crippen LogP contribution in [0.25, 0.3) is 0 Å². The van der Waals surface area contributed by atoms with Crippen molar-refractivity contribution in [2.24, 2.45) is 11.8 Å². The van der Waals surface area contributed by atoms with E-state index in [1.807, 2.05) is 33.0 Å². The highest BCUT2D eigenvalue weighted by Crippen LogP contribution is 2.33. The molecule has 5 heteroatoms. The van der Waals surface area contributed by atoms with E-state index in [4.69, 9.17) is 0 Å². The SMILES string of the molecule is CC(C)C(=O)C1CCCCC1.Cc1ccnc(N2C3CCC2CN(C(C)C)C3)n1. The Bertz CT molecular complexity index is 655. The second-order valence-electron chi connectivity index (χ2n) is 9.73. The number of ketones is 1. The van der Waals surface area contributed by atoms with E-state index < -0.39 is 0 Å². The Hall–Kier alpha value is -1.49. The van der Waals surface area contributed by atoms with Crippen LogP contribution in [0.4, 0.5) is 5.95 Å². The molecule has 2 saturated heterocycles. The lowest BCUT2D eigenvalue weighted by atomic mass is 9.83. The van der Waals surface area contributed by atoms with Crippen molar-refractivity contribution in [3.63, 3.8) is 0 Å². The van der Waals surface area contributed by atoms with Gasteiger partial charge in [0.15, 0.2) is 0 Å². The van der Waals surface area contributed by atoms with Crippen molar-refractivity contribution in [3.05, 3.63) is 18.0 Å². The molecule has 1 aromatic rings. The Morgan fingerprint density at radius 3 is 2.14 bits per heavy atom. The summed E-state index contributed by atoms with van der Waals surface area (Å²) in [4.78, 5) is 25.6. The minimum atomic E-state index is 0.248. The van der Waals surface area contributed by atoms with Crippen molar-refractivity contribution >= 4 is 11.7 Å². The van der Waals surface area contributed by atoms with Crippen LogP contribution in [0, 0.1) is 18.8 Å². The molecule has 0 aromatic carbocycles. The van der Waals surface area contributed by atoms with Crippen molar-refractivity contribution in [1.29, 1.82) is 0 Å². The number of hydrogen-bond acceptors (Lipinski definition) is 5. The van der Waals surface area contributed by atoms with Crippen LogP contribution in [-0.4, -0.2) is 51.9 Å². The Morgan fingerprint density at radius 1 is 1.00 bits per heavy atom. The van der Waals surface area contributed by atoms with Crippen LogP contribution in [0.2, 0.25) is 0 Å². The molecule has 5 nitrogen and oxygen atoms in total. The minimum Gasteiger partial charge on any atom is -0.332 e. The fourth-order valence-corrected chi connectivity index (χ4v) is 5.10. The van der Waals surface area contributed by atoms with Crippen molar-refractivity contribution < 1.29 is 4.79 Å². The molecule has 3 heterocycles. The first kappa shape index (κ1) is 22.2. The molecular formula is C24H40N4O. The van der Waals surface area contributed by atoms with E-state index in [0.29, 0.717) is 29.8 Å². The first-order valence-electron chi connectivity index (χ1n) is 11.7. The highest BCUT2D eigenvalue weighted by Gasteiger charge is 2.41. The van der Waals surface area contributed by atoms with Crippen LogP contribution < -0.4 is 4.90 Å². The molecule has 0 N–H and O–H groups in total. The molecule has 2 bridgehead atoms. The Labute approximate surface area is 177 Å². The maximum atomic E-state index is 11.5. The van der Waals surface area contributed by atoms with Crippen molar-refractivity contribution in [1.82, 2.24) is 14.9 Å². The fraction of sp³-hybridized carbons (Fsp3) is 0.792. The van der Waals surface area contributed by atoms with Gasteiger partial charge in [0.1, 0.15) is 5.78 Å². The zero-order chi connectivity index (χ0) is 21.0. The predicted octanol–water partition coefficient (Wildman–Crippen LogP) is 4.64. The van der Waals surface area contributed by atoms with Crippen LogP contribution in [-0.2, 0) is 4.79 Å². The standard InChI is InChI=1S/C14H22N4.C10H18O/c1-10(2)17-8-12-4-5-13(9-17)18(12)14-15-7-6-11(3)16-14;1-8(2)10(11)9-6-4-3-5-7-9/h6-7,10,12-13H,4-5,8-9H2,1-3H3;8-9H,3-7H2,1-2H3. The van der Waals surface area contributed by atoms with Gasteiger partial charge in [-0.3, -0.25) is 9.69 Å². The number of carbonyl (C=O) groups excluding carboxylic acids is 1. The summed E-state index contributed by atoms with van der Waals surface area (Å²) in [7, 11) is 0. The molecule has 2 unspecified atom stereocenters. The van der Waals surface area contributed by atoms with Gasteiger partial charge in [-0.1, -0.05) is 33.1 Å². The molecule has 2 atom stereocenters. The lowest BCUT2D eigenvalue weighted by Gasteiger charge is -2.42. The first-order valence-corrected chi connectivity index (χ1v) is 11.7. The second kappa shape index (κ2) is 10.0. The quantitative estimate of drug-likeness (QED) is 0.737. The van der Waals surface area contributed by atoms with Crippen molar-refractivity contribution in [2.45, 2.75) is 97.7 Å². The topological polar surface area (TPSA) is 49.3 Å². The molecule has 0 spiro atoms. The summed E-state index contributed by atoms with van der Waals surface area (Å²) in [6, 6.07) is 3.82. The summed E-state index contributed by atoms with van der Waals surface area (Å²) >= 11 is 0. The molecule has 1 aromatic heterocycles. The van der Waals surface area contributed by atoms with Gasteiger partial charge in [-0.05, 0) is 52.5 Å². The number of fused-ring (bicyclic) bond motifs is 2. The highest BCUT2D eigenvalue weighted by molar-refractivity contribution is 5.82. The maximum absolute atomic E-state index is 11.5. The van der Waals surface area contributed by atoms with Gasteiger partial charge in [0.05, 0.1) is 0 Å². The number of hydrogen-bond donors (Lipinski definition) is 0. The van der Waals surface area contributed by atoms with Gasteiger partial charge >= 0.3 is 0 Å². The number of nitrogens with zero attached hydrogens (tertiary/aromatic N) is 4. The second-order valence-corrected chi connectivity index (χ2v) is 9.73. The molecule has 4 rings (SSSR count). The number of likely N-dealkylation sites (tertiary alicyclic amines) is 1. The summed E-state index contributed by atoms with van der Waals surface area (Å²) in [5.41, 5.74) is 1.06. The van der Waals surface area contributed by atoms with Crippen LogP contribution in [0.1, 0.15) is 78.3 Å². The summed E-state index contributed by atoms with van der Waals surface area (Å²) in [5.74, 6) is 2.08. The smallest absolute Gasteiger partial charge is 0.226 e. The minimum absolute atomic E-state index is 0.248. The number of aryl methyl sites for hydroxylation is 1. The number of rotatable bonds is 4. The first-order chi connectivity index (χ1) is 13.9. The molecule has 3 fully saturated rings. The Kier molecular flexibility index (Phi) is 7.66. The van der Waals surface area contributed by atoms with Crippen molar-refractivity contribution in [2.75, 3.05) is 18.0 Å². The largest absolute Gasteiger partial charge is 0.332 e. The van der Waals surface area contributed by atoms with Gasteiger partial charge in [0, 0.05) is 54.9 Å². The van der Waals surface area contributed by atoms with E-state index in [-0.39, 0.29) is 5.92 Å². The van der Waals surface area contributed by atoms with E-state index in [1.54, 1.807) is 0 Å². The lowest BCUT2D eigenvalue weighted by molar-refractivity contribution is -0.126. The predicted molar refractivity (Wildman–Crippen MR) is 119 cm³/mol. The van der Waals surface area contributed by atoms with Gasteiger partial charge in [-0.2, -0.15) is 0 Å². The van der Waals surface area contributed by atoms with E-state index in [2.05, 4.69) is 33.6 Å². The molecule has 2 aliphatic heterocycles. The maximum Gasteiger partial charge on any atom is 0.226 e.